The molecule has 0 radical (unpaired) electrons. The molecule has 1 amide bonds. The zero-order valence-corrected chi connectivity index (χ0v) is 17.1. The summed E-state index contributed by atoms with van der Waals surface area (Å²) >= 11 is 0. The van der Waals surface area contributed by atoms with Crippen LogP contribution in [-0.4, -0.2) is 23.7 Å². The Morgan fingerprint density at radius 1 is 1.07 bits per heavy atom. The molecule has 0 bridgehead atoms. The summed E-state index contributed by atoms with van der Waals surface area (Å²) in [5.41, 5.74) is 12.6. The van der Waals surface area contributed by atoms with E-state index in [0.717, 1.165) is 34.7 Å². The fourth-order valence-electron chi connectivity index (χ4n) is 4.18. The van der Waals surface area contributed by atoms with E-state index in [4.69, 9.17) is 15.2 Å². The minimum Gasteiger partial charge on any atom is -0.486 e. The van der Waals surface area contributed by atoms with E-state index in [9.17, 15) is 4.79 Å². The van der Waals surface area contributed by atoms with Gasteiger partial charge in [0.2, 0.25) is 0 Å². The van der Waals surface area contributed by atoms with Gasteiger partial charge in [-0.15, -0.1) is 0 Å². The van der Waals surface area contributed by atoms with Crippen LogP contribution in [0.25, 0.3) is 11.1 Å². The molecule has 0 fully saturated rings. The molecule has 5 heteroatoms. The first-order valence-corrected chi connectivity index (χ1v) is 9.97. The number of aromatic nitrogens is 1. The third-order valence-corrected chi connectivity index (χ3v) is 5.47. The maximum absolute atomic E-state index is 12.4. The molecular weight excluding hydrogens is 364 g/mol. The molecule has 1 aliphatic rings. The van der Waals surface area contributed by atoms with E-state index in [1.54, 1.807) is 0 Å². The smallest absolute Gasteiger partial charge is 0.251 e. The van der Waals surface area contributed by atoms with E-state index in [2.05, 4.69) is 42.7 Å². The van der Waals surface area contributed by atoms with Gasteiger partial charge in [-0.25, -0.2) is 0 Å². The van der Waals surface area contributed by atoms with Crippen LogP contribution in [0.5, 0.6) is 11.5 Å². The number of nitrogens with two attached hydrogens (primary N) is 1. The van der Waals surface area contributed by atoms with Gasteiger partial charge in [-0.1, -0.05) is 42.8 Å². The van der Waals surface area contributed by atoms with E-state index < -0.39 is 5.91 Å². The van der Waals surface area contributed by atoms with Crippen molar-refractivity contribution in [3.63, 3.8) is 0 Å². The molecule has 2 heterocycles. The molecule has 0 saturated carbocycles. The van der Waals surface area contributed by atoms with Gasteiger partial charge >= 0.3 is 0 Å². The fourth-order valence-corrected chi connectivity index (χ4v) is 4.18. The van der Waals surface area contributed by atoms with Gasteiger partial charge in [0.05, 0.1) is 5.56 Å². The van der Waals surface area contributed by atoms with Crippen molar-refractivity contribution in [1.29, 1.82) is 0 Å². The van der Waals surface area contributed by atoms with E-state index in [-0.39, 0.29) is 0 Å². The van der Waals surface area contributed by atoms with Gasteiger partial charge in [0.1, 0.15) is 13.2 Å². The normalized spacial score (nSPS) is 12.8. The molecule has 0 unspecified atom stereocenters. The Morgan fingerprint density at radius 2 is 1.83 bits per heavy atom. The van der Waals surface area contributed by atoms with Crippen LogP contribution in [0.15, 0.2) is 42.5 Å². The Balaban J connectivity index is 1.88. The summed E-state index contributed by atoms with van der Waals surface area (Å²) in [4.78, 5) is 12.4. The summed E-state index contributed by atoms with van der Waals surface area (Å²) in [6.07, 6.45) is 0.781. The summed E-state index contributed by atoms with van der Waals surface area (Å²) in [6, 6.07) is 14.3. The van der Waals surface area contributed by atoms with Crippen LogP contribution in [0.3, 0.4) is 0 Å². The van der Waals surface area contributed by atoms with Crippen molar-refractivity contribution >= 4 is 5.91 Å². The third-order valence-electron chi connectivity index (χ3n) is 5.47. The van der Waals surface area contributed by atoms with Crippen LogP contribution in [0.1, 0.15) is 39.8 Å². The topological polar surface area (TPSA) is 66.5 Å². The van der Waals surface area contributed by atoms with Crippen molar-refractivity contribution in [2.24, 2.45) is 5.73 Å². The number of ether oxygens (including phenoxy) is 2. The molecule has 0 atom stereocenters. The first-order chi connectivity index (χ1) is 14.0. The highest BCUT2D eigenvalue weighted by molar-refractivity contribution is 6.02. The Hall–Kier alpha value is -3.21. The summed E-state index contributed by atoms with van der Waals surface area (Å²) in [5.74, 6) is 1.02. The molecule has 2 N–H and O–H groups in total. The second-order valence-corrected chi connectivity index (χ2v) is 7.43. The lowest BCUT2D eigenvalue weighted by molar-refractivity contribution is 0.1000. The molecular formula is C24H26N2O3. The highest BCUT2D eigenvalue weighted by Gasteiger charge is 2.25. The molecule has 0 aliphatic carbocycles. The van der Waals surface area contributed by atoms with Crippen molar-refractivity contribution < 1.29 is 14.3 Å². The Labute approximate surface area is 171 Å². The van der Waals surface area contributed by atoms with Gasteiger partial charge in [-0.3, -0.25) is 4.79 Å². The molecule has 0 saturated heterocycles. The predicted octanol–water partition coefficient (Wildman–Crippen LogP) is 4.25. The van der Waals surface area contributed by atoms with Gasteiger partial charge in [-0.2, -0.15) is 0 Å². The molecule has 3 aromatic rings. The van der Waals surface area contributed by atoms with Gasteiger partial charge in [0, 0.05) is 23.5 Å². The van der Waals surface area contributed by atoms with Gasteiger partial charge in [-0.05, 0) is 43.5 Å². The van der Waals surface area contributed by atoms with E-state index in [1.165, 1.54) is 11.1 Å². The zero-order valence-electron chi connectivity index (χ0n) is 17.1. The average molecular weight is 390 g/mol. The molecule has 1 aromatic heterocycles. The number of hydrogen-bond donors (Lipinski definition) is 1. The lowest BCUT2D eigenvalue weighted by Crippen LogP contribution is -2.15. The second-order valence-electron chi connectivity index (χ2n) is 7.43. The number of aryl methyl sites for hydroxylation is 1. The van der Waals surface area contributed by atoms with Crippen LogP contribution in [0.4, 0.5) is 0 Å². The Kier molecular flexibility index (Phi) is 5.05. The largest absolute Gasteiger partial charge is 0.486 e. The molecule has 2 aromatic carbocycles. The molecule has 150 valence electrons. The minimum atomic E-state index is -0.412. The zero-order chi connectivity index (χ0) is 20.5. The number of rotatable bonds is 5. The van der Waals surface area contributed by atoms with E-state index >= 15 is 0 Å². The third kappa shape index (κ3) is 3.48. The van der Waals surface area contributed by atoms with Crippen LogP contribution < -0.4 is 15.2 Å². The van der Waals surface area contributed by atoms with Crippen LogP contribution in [0, 0.1) is 13.8 Å². The van der Waals surface area contributed by atoms with Crippen LogP contribution >= 0.6 is 0 Å². The summed E-state index contributed by atoms with van der Waals surface area (Å²) in [5, 5.41) is 0. The fraction of sp³-hybridized carbons (Fsp3) is 0.292. The van der Waals surface area contributed by atoms with Crippen LogP contribution in [-0.2, 0) is 13.0 Å². The first-order valence-electron chi connectivity index (χ1n) is 9.97. The number of nitrogens with zero attached hydrogens (tertiary/aromatic N) is 1. The number of amides is 1. The van der Waals surface area contributed by atoms with Gasteiger partial charge < -0.3 is 19.8 Å². The molecule has 1 aliphatic heterocycles. The monoisotopic (exact) mass is 390 g/mol. The van der Waals surface area contributed by atoms with E-state index in [0.29, 0.717) is 31.1 Å². The van der Waals surface area contributed by atoms with Gasteiger partial charge in [0.15, 0.2) is 11.5 Å². The number of benzene rings is 2. The summed E-state index contributed by atoms with van der Waals surface area (Å²) in [7, 11) is 0. The average Bonchev–Trinajstić information content (AvgIpc) is 2.99. The number of carbonyl (C=O) groups excluding carboxylic acids is 1. The van der Waals surface area contributed by atoms with Crippen molar-refractivity contribution in [2.45, 2.75) is 33.7 Å². The van der Waals surface area contributed by atoms with Crippen molar-refractivity contribution in [3.8, 4) is 22.6 Å². The van der Waals surface area contributed by atoms with Crippen molar-refractivity contribution in [3.05, 3.63) is 70.5 Å². The van der Waals surface area contributed by atoms with Crippen LogP contribution in [0.2, 0.25) is 0 Å². The Bertz CT molecular complexity index is 1080. The first kappa shape index (κ1) is 19.1. The quantitative estimate of drug-likeness (QED) is 0.708. The minimum absolute atomic E-state index is 0.412. The lowest BCUT2D eigenvalue weighted by atomic mass is 9.98. The molecule has 4 rings (SSSR count). The lowest BCUT2D eigenvalue weighted by Gasteiger charge is -2.19. The highest BCUT2D eigenvalue weighted by Crippen LogP contribution is 2.39. The van der Waals surface area contributed by atoms with E-state index in [1.807, 2.05) is 25.1 Å². The maximum atomic E-state index is 12.4. The summed E-state index contributed by atoms with van der Waals surface area (Å²) in [6.45, 7) is 7.92. The van der Waals surface area contributed by atoms with Crippen molar-refractivity contribution in [1.82, 2.24) is 4.57 Å². The SMILES string of the molecule is CCc1c(-c2ccc3c(c2)OCCO3)c(C(N)=O)c(C)n1Cc1cccc(C)c1. The number of carbonyl (C=O) groups is 1. The molecule has 0 spiro atoms. The standard InChI is InChI=1S/C24H26N2O3/c1-4-19-23(18-8-9-20-21(13-18)29-11-10-28-20)22(24(25)27)16(3)26(19)14-17-7-5-6-15(2)12-17/h5-9,12-13H,4,10-11,14H2,1-3H3,(H2,25,27). The second kappa shape index (κ2) is 7.66. The maximum Gasteiger partial charge on any atom is 0.251 e. The number of hydrogen-bond acceptors (Lipinski definition) is 3. The number of primary amides is 1. The number of fused-ring (bicyclic) bond motifs is 1. The highest BCUT2D eigenvalue weighted by atomic mass is 16.6. The van der Waals surface area contributed by atoms with Gasteiger partial charge in [0.25, 0.3) is 5.91 Å². The predicted molar refractivity (Wildman–Crippen MR) is 114 cm³/mol. The van der Waals surface area contributed by atoms with Crippen molar-refractivity contribution in [2.75, 3.05) is 13.2 Å². The molecule has 29 heavy (non-hydrogen) atoms. The molecule has 5 nitrogen and oxygen atoms in total. The Morgan fingerprint density at radius 3 is 2.52 bits per heavy atom. The summed E-state index contributed by atoms with van der Waals surface area (Å²) < 4.78 is 13.6.